The Bertz CT molecular complexity index is 717. The zero-order valence-corrected chi connectivity index (χ0v) is 12.4. The van der Waals surface area contributed by atoms with Crippen molar-refractivity contribution >= 4 is 11.4 Å². The molecule has 0 N–H and O–H groups in total. The van der Waals surface area contributed by atoms with Crippen molar-refractivity contribution < 1.29 is 0 Å². The number of nitrogens with zero attached hydrogens (tertiary/aromatic N) is 2. The Morgan fingerprint density at radius 3 is 1.90 bits per heavy atom. The van der Waals surface area contributed by atoms with Crippen LogP contribution in [0.4, 0.5) is 0 Å². The molecule has 0 saturated carbocycles. The lowest BCUT2D eigenvalue weighted by Crippen LogP contribution is -1.98. The minimum absolute atomic E-state index is 0.807. The van der Waals surface area contributed by atoms with Gasteiger partial charge in [-0.2, -0.15) is 10.2 Å². The molecule has 0 saturated heterocycles. The average Bonchev–Trinajstić information content (AvgIpc) is 2.75. The largest absolute Gasteiger partial charge is 0.154 e. The molecule has 0 radical (unpaired) electrons. The Morgan fingerprint density at radius 1 is 0.714 bits per heavy atom. The normalized spacial score (nSPS) is 14.4. The van der Waals surface area contributed by atoms with Crippen LogP contribution >= 0.6 is 0 Å². The third-order valence-corrected chi connectivity index (χ3v) is 3.60. The molecule has 0 unspecified atom stereocenters. The molecule has 2 aromatic rings. The summed E-state index contributed by atoms with van der Waals surface area (Å²) in [6, 6.07) is 16.8. The molecule has 0 amide bonds. The minimum atomic E-state index is 0.807. The summed E-state index contributed by atoms with van der Waals surface area (Å²) in [6.45, 7) is 4.18. The number of hydrogen-bond acceptors (Lipinski definition) is 2. The third-order valence-electron chi connectivity index (χ3n) is 3.60. The van der Waals surface area contributed by atoms with Crippen molar-refractivity contribution in [2.24, 2.45) is 10.2 Å². The molecule has 2 nitrogen and oxygen atoms in total. The van der Waals surface area contributed by atoms with E-state index in [9.17, 15) is 0 Å². The molecule has 1 aliphatic heterocycles. The van der Waals surface area contributed by atoms with E-state index in [1.165, 1.54) is 11.1 Å². The van der Waals surface area contributed by atoms with Crippen LogP contribution in [0.25, 0.3) is 0 Å². The van der Waals surface area contributed by atoms with Crippen molar-refractivity contribution in [1.82, 2.24) is 0 Å². The fraction of sp³-hybridized carbons (Fsp3) is 0.158. The predicted octanol–water partition coefficient (Wildman–Crippen LogP) is 4.46. The van der Waals surface area contributed by atoms with Gasteiger partial charge in [-0.25, -0.2) is 0 Å². The van der Waals surface area contributed by atoms with Gasteiger partial charge in [0.1, 0.15) is 0 Å². The second kappa shape index (κ2) is 5.88. The van der Waals surface area contributed by atoms with Crippen LogP contribution in [-0.2, 0) is 0 Å². The topological polar surface area (TPSA) is 24.7 Å². The number of aryl methyl sites for hydroxylation is 2. The summed E-state index contributed by atoms with van der Waals surface area (Å²) < 4.78 is 0. The van der Waals surface area contributed by atoms with Crippen LogP contribution in [-0.4, -0.2) is 11.4 Å². The van der Waals surface area contributed by atoms with Gasteiger partial charge in [0.25, 0.3) is 0 Å². The zero-order chi connectivity index (χ0) is 14.7. The molecule has 0 spiro atoms. The molecule has 0 aliphatic carbocycles. The van der Waals surface area contributed by atoms with E-state index in [4.69, 9.17) is 0 Å². The summed E-state index contributed by atoms with van der Waals surface area (Å²) in [5.74, 6) is 0. The van der Waals surface area contributed by atoms with E-state index in [0.29, 0.717) is 0 Å². The Morgan fingerprint density at radius 2 is 1.29 bits per heavy atom. The van der Waals surface area contributed by atoms with Gasteiger partial charge in [-0.1, -0.05) is 65.7 Å². The maximum Gasteiger partial charge on any atom is 0.0926 e. The molecular weight excluding hydrogens is 256 g/mol. The second-order valence-corrected chi connectivity index (χ2v) is 5.37. The lowest BCUT2D eigenvalue weighted by molar-refractivity contribution is 1.22. The highest BCUT2D eigenvalue weighted by molar-refractivity contribution is 6.11. The maximum atomic E-state index is 4.45. The molecule has 0 fully saturated rings. The lowest BCUT2D eigenvalue weighted by Gasteiger charge is -2.01. The molecule has 0 atom stereocenters. The van der Waals surface area contributed by atoms with E-state index in [-0.39, 0.29) is 0 Å². The highest BCUT2D eigenvalue weighted by Crippen LogP contribution is 2.13. The van der Waals surface area contributed by atoms with E-state index in [0.717, 1.165) is 29.0 Å². The first-order valence-corrected chi connectivity index (χ1v) is 7.17. The molecule has 0 aromatic heterocycles. The maximum absolute atomic E-state index is 4.45. The quantitative estimate of drug-likeness (QED) is 0.772. The Kier molecular flexibility index (Phi) is 3.78. The molecule has 1 aliphatic rings. The van der Waals surface area contributed by atoms with Gasteiger partial charge < -0.3 is 0 Å². The molecular formula is C19H18N2. The Balaban J connectivity index is 1.92. The first-order valence-electron chi connectivity index (χ1n) is 7.17. The van der Waals surface area contributed by atoms with Crippen molar-refractivity contribution in [3.63, 3.8) is 0 Å². The van der Waals surface area contributed by atoms with Gasteiger partial charge >= 0.3 is 0 Å². The van der Waals surface area contributed by atoms with E-state index in [2.05, 4.69) is 84.7 Å². The van der Waals surface area contributed by atoms with E-state index >= 15 is 0 Å². The predicted molar refractivity (Wildman–Crippen MR) is 89.2 cm³/mol. The molecule has 21 heavy (non-hydrogen) atoms. The zero-order valence-electron chi connectivity index (χ0n) is 12.4. The first kappa shape index (κ1) is 13.5. The summed E-state index contributed by atoms with van der Waals surface area (Å²) in [7, 11) is 0. The SMILES string of the molecule is Cc1ccc(C2=NN=C(c3ccc(C)cc3)CC=C2)cc1. The van der Waals surface area contributed by atoms with Crippen molar-refractivity contribution in [2.45, 2.75) is 20.3 Å². The van der Waals surface area contributed by atoms with Gasteiger partial charge in [0.05, 0.1) is 11.4 Å². The number of hydrogen-bond donors (Lipinski definition) is 0. The van der Waals surface area contributed by atoms with Crippen LogP contribution in [0.15, 0.2) is 70.9 Å². The summed E-state index contributed by atoms with van der Waals surface area (Å²) in [6.07, 6.45) is 4.99. The molecule has 1 heterocycles. The molecule has 2 aromatic carbocycles. The van der Waals surface area contributed by atoms with Crippen LogP contribution in [0.2, 0.25) is 0 Å². The van der Waals surface area contributed by atoms with Crippen molar-refractivity contribution in [3.05, 3.63) is 82.9 Å². The van der Waals surface area contributed by atoms with Gasteiger partial charge in [-0.15, -0.1) is 0 Å². The second-order valence-electron chi connectivity index (χ2n) is 5.37. The summed E-state index contributed by atoms with van der Waals surface area (Å²) in [5, 5.41) is 8.87. The Labute approximate surface area is 125 Å². The molecule has 104 valence electrons. The van der Waals surface area contributed by atoms with Gasteiger partial charge in [-0.05, 0) is 25.5 Å². The van der Waals surface area contributed by atoms with Gasteiger partial charge in [0.2, 0.25) is 0 Å². The van der Waals surface area contributed by atoms with Gasteiger partial charge in [-0.3, -0.25) is 0 Å². The summed E-state index contributed by atoms with van der Waals surface area (Å²) in [4.78, 5) is 0. The number of benzene rings is 2. The van der Waals surface area contributed by atoms with Gasteiger partial charge in [0.15, 0.2) is 0 Å². The van der Waals surface area contributed by atoms with Crippen LogP contribution in [0.5, 0.6) is 0 Å². The fourth-order valence-corrected chi connectivity index (χ4v) is 2.27. The third kappa shape index (κ3) is 3.16. The van der Waals surface area contributed by atoms with Crippen molar-refractivity contribution in [1.29, 1.82) is 0 Å². The standard InChI is InChI=1S/C19H18N2/c1-14-6-10-16(11-7-14)18-4-3-5-19(21-20-18)17-12-8-15(2)9-13-17/h3-4,6-13H,5H2,1-2H3. The van der Waals surface area contributed by atoms with Crippen molar-refractivity contribution in [2.75, 3.05) is 0 Å². The van der Waals surface area contributed by atoms with Crippen LogP contribution in [0.3, 0.4) is 0 Å². The monoisotopic (exact) mass is 274 g/mol. The summed E-state index contributed by atoms with van der Waals surface area (Å²) in [5.41, 5.74) is 6.67. The first-order chi connectivity index (χ1) is 10.2. The lowest BCUT2D eigenvalue weighted by atomic mass is 10.0. The molecule has 2 heteroatoms. The smallest absolute Gasteiger partial charge is 0.0926 e. The number of allylic oxidation sites excluding steroid dienone is 2. The van der Waals surface area contributed by atoms with Crippen LogP contribution in [0.1, 0.15) is 28.7 Å². The average molecular weight is 274 g/mol. The van der Waals surface area contributed by atoms with Crippen LogP contribution < -0.4 is 0 Å². The van der Waals surface area contributed by atoms with Crippen molar-refractivity contribution in [3.8, 4) is 0 Å². The number of rotatable bonds is 2. The van der Waals surface area contributed by atoms with Gasteiger partial charge in [0, 0.05) is 12.0 Å². The molecule has 0 bridgehead atoms. The fourth-order valence-electron chi connectivity index (χ4n) is 2.27. The molecule has 3 rings (SSSR count). The van der Waals surface area contributed by atoms with E-state index in [1.54, 1.807) is 0 Å². The Hall–Kier alpha value is -2.48. The summed E-state index contributed by atoms with van der Waals surface area (Å²) >= 11 is 0. The van der Waals surface area contributed by atoms with E-state index in [1.807, 2.05) is 0 Å². The van der Waals surface area contributed by atoms with E-state index < -0.39 is 0 Å². The highest BCUT2D eigenvalue weighted by Gasteiger charge is 2.07. The van der Waals surface area contributed by atoms with Crippen LogP contribution in [0, 0.1) is 13.8 Å². The highest BCUT2D eigenvalue weighted by atomic mass is 15.2. The minimum Gasteiger partial charge on any atom is -0.154 e.